The number of halogens is 2. The zero-order chi connectivity index (χ0) is 13.9. The fourth-order valence-corrected chi connectivity index (χ4v) is 3.13. The van der Waals surface area contributed by atoms with E-state index in [1.54, 1.807) is 0 Å². The predicted octanol–water partition coefficient (Wildman–Crippen LogP) is 6.44. The van der Waals surface area contributed by atoms with Gasteiger partial charge in [-0.2, -0.15) is 0 Å². The molecule has 0 heterocycles. The Kier molecular flexibility index (Phi) is 3.90. The molecule has 0 saturated heterocycles. The van der Waals surface area contributed by atoms with Crippen LogP contribution in [0.1, 0.15) is 0 Å². The third-order valence-electron chi connectivity index (χ3n) is 3.21. The maximum atomic E-state index is 6.00. The molecule has 98 valence electrons. The highest BCUT2D eigenvalue weighted by atomic mass is 79.9. The van der Waals surface area contributed by atoms with Crippen LogP contribution in [0.2, 0.25) is 5.02 Å². The first-order valence-electron chi connectivity index (χ1n) is 6.35. The smallest absolute Gasteiger partial charge is 0.0417 e. The van der Waals surface area contributed by atoms with Crippen molar-refractivity contribution in [3.05, 3.63) is 82.3 Å². The highest BCUT2D eigenvalue weighted by Crippen LogP contribution is 2.32. The van der Waals surface area contributed by atoms with E-state index in [9.17, 15) is 0 Å². The Bertz CT molecular complexity index is 735. The summed E-state index contributed by atoms with van der Waals surface area (Å²) in [6.07, 6.45) is 0. The zero-order valence-electron chi connectivity index (χ0n) is 10.7. The molecule has 0 atom stereocenters. The lowest BCUT2D eigenvalue weighted by atomic mass is 9.99. The molecule has 20 heavy (non-hydrogen) atoms. The maximum absolute atomic E-state index is 6.00. The quantitative estimate of drug-likeness (QED) is 0.502. The van der Waals surface area contributed by atoms with E-state index in [-0.39, 0.29) is 0 Å². The van der Waals surface area contributed by atoms with Gasteiger partial charge in [-0.3, -0.25) is 0 Å². The lowest BCUT2D eigenvalue weighted by Gasteiger charge is -2.08. The number of rotatable bonds is 2. The molecular formula is C18H12BrCl. The van der Waals surface area contributed by atoms with Crippen LogP contribution in [0.15, 0.2) is 77.3 Å². The summed E-state index contributed by atoms with van der Waals surface area (Å²) in [5.74, 6) is 0. The van der Waals surface area contributed by atoms with E-state index in [2.05, 4.69) is 64.5 Å². The van der Waals surface area contributed by atoms with E-state index in [4.69, 9.17) is 11.6 Å². The van der Waals surface area contributed by atoms with Gasteiger partial charge in [-0.15, -0.1) is 0 Å². The van der Waals surface area contributed by atoms with Gasteiger partial charge >= 0.3 is 0 Å². The minimum Gasteiger partial charge on any atom is -0.0843 e. The first kappa shape index (κ1) is 13.4. The van der Waals surface area contributed by atoms with Crippen LogP contribution >= 0.6 is 27.5 Å². The third-order valence-corrected chi connectivity index (χ3v) is 4.10. The van der Waals surface area contributed by atoms with Crippen molar-refractivity contribution in [2.45, 2.75) is 0 Å². The molecule has 0 bridgehead atoms. The molecule has 0 aliphatic heterocycles. The van der Waals surface area contributed by atoms with Crippen LogP contribution < -0.4 is 0 Å². The standard InChI is InChI=1S/C18H12BrCl/c19-18-12-16(20)9-10-17(18)15-8-4-7-14(11-15)13-5-2-1-3-6-13/h1-12H. The molecule has 0 saturated carbocycles. The summed E-state index contributed by atoms with van der Waals surface area (Å²) in [7, 11) is 0. The van der Waals surface area contributed by atoms with Crippen molar-refractivity contribution < 1.29 is 0 Å². The molecule has 0 spiro atoms. The van der Waals surface area contributed by atoms with Gasteiger partial charge in [0, 0.05) is 9.50 Å². The van der Waals surface area contributed by atoms with Gasteiger partial charge in [0.05, 0.1) is 0 Å². The van der Waals surface area contributed by atoms with Crippen LogP contribution in [0, 0.1) is 0 Å². The van der Waals surface area contributed by atoms with E-state index in [0.717, 1.165) is 15.1 Å². The molecule has 0 fully saturated rings. The van der Waals surface area contributed by atoms with Crippen LogP contribution in [0.3, 0.4) is 0 Å². The Balaban J connectivity index is 2.08. The minimum absolute atomic E-state index is 0.736. The van der Waals surface area contributed by atoms with Crippen LogP contribution in [-0.4, -0.2) is 0 Å². The largest absolute Gasteiger partial charge is 0.0843 e. The molecule has 3 rings (SSSR count). The molecular weight excluding hydrogens is 332 g/mol. The molecule has 0 aliphatic rings. The molecule has 0 aliphatic carbocycles. The van der Waals surface area contributed by atoms with E-state index in [0.29, 0.717) is 0 Å². The van der Waals surface area contributed by atoms with E-state index in [1.165, 1.54) is 16.7 Å². The van der Waals surface area contributed by atoms with E-state index >= 15 is 0 Å². The summed E-state index contributed by atoms with van der Waals surface area (Å²) in [6.45, 7) is 0. The number of benzene rings is 3. The van der Waals surface area contributed by atoms with Gasteiger partial charge < -0.3 is 0 Å². The minimum atomic E-state index is 0.736. The molecule has 3 aromatic carbocycles. The van der Waals surface area contributed by atoms with Crippen LogP contribution in [-0.2, 0) is 0 Å². The summed E-state index contributed by atoms with van der Waals surface area (Å²) in [5, 5.41) is 0.736. The molecule has 0 nitrogen and oxygen atoms in total. The predicted molar refractivity (Wildman–Crippen MR) is 90.0 cm³/mol. The molecule has 0 amide bonds. The van der Waals surface area contributed by atoms with Crippen LogP contribution in [0.5, 0.6) is 0 Å². The van der Waals surface area contributed by atoms with Crippen molar-refractivity contribution >= 4 is 27.5 Å². The fourth-order valence-electron chi connectivity index (χ4n) is 2.22. The molecule has 0 N–H and O–H groups in total. The van der Waals surface area contributed by atoms with Crippen molar-refractivity contribution in [3.8, 4) is 22.3 Å². The monoisotopic (exact) mass is 342 g/mol. The maximum Gasteiger partial charge on any atom is 0.0417 e. The summed E-state index contributed by atoms with van der Waals surface area (Å²) < 4.78 is 1.01. The van der Waals surface area contributed by atoms with Gasteiger partial charge in [-0.05, 0) is 40.5 Å². The summed E-state index contributed by atoms with van der Waals surface area (Å²) in [6, 6.07) is 24.8. The molecule has 0 radical (unpaired) electrons. The van der Waals surface area contributed by atoms with Crippen molar-refractivity contribution in [1.29, 1.82) is 0 Å². The first-order chi connectivity index (χ1) is 9.74. The first-order valence-corrected chi connectivity index (χ1v) is 7.52. The molecule has 0 aromatic heterocycles. The van der Waals surface area contributed by atoms with E-state index in [1.807, 2.05) is 24.3 Å². The van der Waals surface area contributed by atoms with Gasteiger partial charge in [0.25, 0.3) is 0 Å². The summed E-state index contributed by atoms with van der Waals surface area (Å²) >= 11 is 9.58. The summed E-state index contributed by atoms with van der Waals surface area (Å²) in [4.78, 5) is 0. The van der Waals surface area contributed by atoms with Gasteiger partial charge in [-0.1, -0.05) is 82.1 Å². The van der Waals surface area contributed by atoms with Gasteiger partial charge in [0.1, 0.15) is 0 Å². The second-order valence-electron chi connectivity index (χ2n) is 4.57. The summed E-state index contributed by atoms with van der Waals surface area (Å²) in [5.41, 5.74) is 4.76. The Labute approximate surface area is 132 Å². The average molecular weight is 344 g/mol. The highest BCUT2D eigenvalue weighted by molar-refractivity contribution is 9.10. The van der Waals surface area contributed by atoms with Crippen molar-refractivity contribution in [3.63, 3.8) is 0 Å². The third kappa shape index (κ3) is 2.79. The van der Waals surface area contributed by atoms with Crippen LogP contribution in [0.4, 0.5) is 0 Å². The molecule has 3 aromatic rings. The zero-order valence-corrected chi connectivity index (χ0v) is 13.0. The van der Waals surface area contributed by atoms with Crippen molar-refractivity contribution in [2.75, 3.05) is 0 Å². The molecule has 2 heteroatoms. The lowest BCUT2D eigenvalue weighted by molar-refractivity contribution is 1.57. The van der Waals surface area contributed by atoms with Crippen molar-refractivity contribution in [2.24, 2.45) is 0 Å². The second kappa shape index (κ2) is 5.82. The fraction of sp³-hybridized carbons (Fsp3) is 0. The SMILES string of the molecule is Clc1ccc(-c2cccc(-c3ccccc3)c2)c(Br)c1. The topological polar surface area (TPSA) is 0 Å². The average Bonchev–Trinajstić information content (AvgIpc) is 2.48. The lowest BCUT2D eigenvalue weighted by Crippen LogP contribution is -1.82. The second-order valence-corrected chi connectivity index (χ2v) is 5.86. The van der Waals surface area contributed by atoms with Crippen LogP contribution in [0.25, 0.3) is 22.3 Å². The van der Waals surface area contributed by atoms with Crippen molar-refractivity contribution in [1.82, 2.24) is 0 Å². The Morgan fingerprint density at radius 2 is 1.35 bits per heavy atom. The number of hydrogen-bond donors (Lipinski definition) is 0. The normalized spacial score (nSPS) is 10.5. The van der Waals surface area contributed by atoms with E-state index < -0.39 is 0 Å². The highest BCUT2D eigenvalue weighted by Gasteiger charge is 2.05. The number of hydrogen-bond acceptors (Lipinski definition) is 0. The van der Waals surface area contributed by atoms with Gasteiger partial charge in [-0.25, -0.2) is 0 Å². The molecule has 0 unspecified atom stereocenters. The van der Waals surface area contributed by atoms with Gasteiger partial charge in [0.15, 0.2) is 0 Å². The Morgan fingerprint density at radius 3 is 2.10 bits per heavy atom. The Morgan fingerprint density at radius 1 is 0.650 bits per heavy atom. The Hall–Kier alpha value is -1.57. The van der Waals surface area contributed by atoms with Gasteiger partial charge in [0.2, 0.25) is 0 Å².